The molecule has 2 N–H and O–H groups in total. The fourth-order valence-electron chi connectivity index (χ4n) is 2.59. The summed E-state index contributed by atoms with van der Waals surface area (Å²) in [6.07, 6.45) is 17.6. The number of allylic oxidation sites excluding steroid dienone is 1. The van der Waals surface area contributed by atoms with Crippen LogP contribution in [0, 0.1) is 0 Å². The van der Waals surface area contributed by atoms with Gasteiger partial charge in [-0.2, -0.15) is 0 Å². The van der Waals surface area contributed by atoms with Gasteiger partial charge < -0.3 is 14.9 Å². The average Bonchev–Trinajstić information content (AvgIpc) is 2.58. The van der Waals surface area contributed by atoms with Gasteiger partial charge in [0.25, 0.3) is 0 Å². The number of rotatable bonds is 17. The minimum atomic E-state index is -0.208. The molecular formula is C20H38O4. The van der Waals surface area contributed by atoms with Crippen LogP contribution in [0.2, 0.25) is 0 Å². The lowest BCUT2D eigenvalue weighted by molar-refractivity contribution is -0.144. The third-order valence-electron chi connectivity index (χ3n) is 4.07. The van der Waals surface area contributed by atoms with Crippen LogP contribution in [0.4, 0.5) is 0 Å². The minimum Gasteiger partial charge on any atom is -0.463 e. The van der Waals surface area contributed by atoms with Gasteiger partial charge in [-0.15, -0.1) is 0 Å². The number of aliphatic hydroxyl groups is 2. The van der Waals surface area contributed by atoms with Gasteiger partial charge in [-0.25, -0.2) is 0 Å². The van der Waals surface area contributed by atoms with E-state index >= 15 is 0 Å². The fourth-order valence-corrected chi connectivity index (χ4v) is 2.59. The maximum absolute atomic E-state index is 11.2. The van der Waals surface area contributed by atoms with E-state index in [1.54, 1.807) is 0 Å². The number of hydrogen-bond donors (Lipinski definition) is 2. The van der Waals surface area contributed by atoms with Gasteiger partial charge in [0.1, 0.15) is 6.61 Å². The number of aliphatic hydroxyl groups excluding tert-OH is 2. The smallest absolute Gasteiger partial charge is 0.305 e. The van der Waals surface area contributed by atoms with E-state index in [0.29, 0.717) is 6.42 Å². The molecule has 1 atom stereocenters. The van der Waals surface area contributed by atoms with Crippen LogP contribution in [0.1, 0.15) is 90.4 Å². The Morgan fingerprint density at radius 3 is 2.46 bits per heavy atom. The molecule has 4 nitrogen and oxygen atoms in total. The molecule has 0 aliphatic rings. The van der Waals surface area contributed by atoms with Crippen molar-refractivity contribution in [3.8, 4) is 0 Å². The van der Waals surface area contributed by atoms with Crippen LogP contribution >= 0.6 is 0 Å². The second-order valence-electron chi connectivity index (χ2n) is 6.46. The lowest BCUT2D eigenvalue weighted by Crippen LogP contribution is -2.07. The maximum Gasteiger partial charge on any atom is 0.305 e. The standard InChI is InChI=1S/C20H38O4/c1-2-3-4-11-14-19(22)15-12-9-7-5-6-8-10-13-16-20(23)24-18-17-21/h9,12,19,21-22H,2-8,10-11,13-18H2,1H3/b12-9-/t19-/m0/s1. The van der Waals surface area contributed by atoms with E-state index in [-0.39, 0.29) is 25.3 Å². The summed E-state index contributed by atoms with van der Waals surface area (Å²) in [5, 5.41) is 18.4. The predicted molar refractivity (Wildman–Crippen MR) is 98.9 cm³/mol. The minimum absolute atomic E-state index is 0.102. The van der Waals surface area contributed by atoms with Crippen molar-refractivity contribution in [2.75, 3.05) is 13.2 Å². The zero-order valence-electron chi connectivity index (χ0n) is 15.5. The Morgan fingerprint density at radius 2 is 1.71 bits per heavy atom. The summed E-state index contributed by atoms with van der Waals surface area (Å²) in [6.45, 7) is 2.21. The van der Waals surface area contributed by atoms with E-state index in [2.05, 4.69) is 19.1 Å². The van der Waals surface area contributed by atoms with Crippen molar-refractivity contribution in [1.29, 1.82) is 0 Å². The molecule has 0 aliphatic heterocycles. The number of carbonyl (C=O) groups excluding carboxylic acids is 1. The SMILES string of the molecule is CCCCCC[C@H](O)C/C=C\CCCCCCCC(=O)OCCO. The van der Waals surface area contributed by atoms with Gasteiger partial charge in [-0.3, -0.25) is 4.79 Å². The molecule has 0 saturated carbocycles. The summed E-state index contributed by atoms with van der Waals surface area (Å²) in [5.41, 5.74) is 0. The molecule has 0 aliphatic carbocycles. The second kappa shape index (κ2) is 18.5. The van der Waals surface area contributed by atoms with Crippen molar-refractivity contribution in [2.24, 2.45) is 0 Å². The summed E-state index contributed by atoms with van der Waals surface area (Å²) in [7, 11) is 0. The van der Waals surface area contributed by atoms with Gasteiger partial charge >= 0.3 is 5.97 Å². The number of ether oxygens (including phenoxy) is 1. The highest BCUT2D eigenvalue weighted by Gasteiger charge is 2.02. The van der Waals surface area contributed by atoms with E-state index in [1.165, 1.54) is 25.7 Å². The fraction of sp³-hybridized carbons (Fsp3) is 0.850. The second-order valence-corrected chi connectivity index (χ2v) is 6.46. The van der Waals surface area contributed by atoms with Crippen molar-refractivity contribution < 1.29 is 19.7 Å². The summed E-state index contributed by atoms with van der Waals surface area (Å²) in [5.74, 6) is -0.208. The highest BCUT2D eigenvalue weighted by atomic mass is 16.5. The van der Waals surface area contributed by atoms with Gasteiger partial charge in [-0.1, -0.05) is 64.0 Å². The summed E-state index contributed by atoms with van der Waals surface area (Å²) >= 11 is 0. The first-order valence-electron chi connectivity index (χ1n) is 9.80. The highest BCUT2D eigenvalue weighted by Crippen LogP contribution is 2.10. The third-order valence-corrected chi connectivity index (χ3v) is 4.07. The molecule has 0 spiro atoms. The lowest BCUT2D eigenvalue weighted by Gasteiger charge is -2.07. The molecular weight excluding hydrogens is 304 g/mol. The van der Waals surface area contributed by atoms with E-state index < -0.39 is 0 Å². The zero-order chi connectivity index (χ0) is 17.9. The van der Waals surface area contributed by atoms with Gasteiger partial charge in [0.15, 0.2) is 0 Å². The molecule has 0 aromatic heterocycles. The van der Waals surface area contributed by atoms with Crippen molar-refractivity contribution in [1.82, 2.24) is 0 Å². The molecule has 0 fully saturated rings. The Bertz CT molecular complexity index is 302. The van der Waals surface area contributed by atoms with Crippen LogP contribution in [-0.4, -0.2) is 35.5 Å². The first-order chi connectivity index (χ1) is 11.7. The Hall–Kier alpha value is -0.870. The van der Waals surface area contributed by atoms with E-state index in [0.717, 1.165) is 51.4 Å². The predicted octanol–water partition coefficient (Wildman–Crippen LogP) is 4.53. The quantitative estimate of drug-likeness (QED) is 0.231. The van der Waals surface area contributed by atoms with Gasteiger partial charge in [0.05, 0.1) is 12.7 Å². The first-order valence-corrected chi connectivity index (χ1v) is 9.80. The first kappa shape index (κ1) is 23.1. The normalized spacial score (nSPS) is 12.6. The molecule has 0 aromatic rings. The third kappa shape index (κ3) is 17.5. The molecule has 0 bridgehead atoms. The molecule has 0 amide bonds. The molecule has 4 heteroatoms. The molecule has 0 radical (unpaired) electrons. The molecule has 0 heterocycles. The van der Waals surface area contributed by atoms with Crippen LogP contribution in [-0.2, 0) is 9.53 Å². The van der Waals surface area contributed by atoms with Crippen LogP contribution in [0.25, 0.3) is 0 Å². The topological polar surface area (TPSA) is 66.8 Å². The molecule has 0 rings (SSSR count). The number of unbranched alkanes of at least 4 members (excludes halogenated alkanes) is 8. The molecule has 0 aromatic carbocycles. The van der Waals surface area contributed by atoms with Crippen LogP contribution in [0.3, 0.4) is 0 Å². The Morgan fingerprint density at radius 1 is 1.00 bits per heavy atom. The monoisotopic (exact) mass is 342 g/mol. The Balaban J connectivity index is 3.30. The molecule has 0 unspecified atom stereocenters. The van der Waals surface area contributed by atoms with Gasteiger partial charge in [0.2, 0.25) is 0 Å². The Labute approximate surface area is 148 Å². The van der Waals surface area contributed by atoms with Crippen LogP contribution in [0.15, 0.2) is 12.2 Å². The number of carbonyl (C=O) groups is 1. The van der Waals surface area contributed by atoms with Crippen molar-refractivity contribution in [3.05, 3.63) is 12.2 Å². The summed E-state index contributed by atoms with van der Waals surface area (Å²) < 4.78 is 4.80. The van der Waals surface area contributed by atoms with Gasteiger partial charge in [0, 0.05) is 6.42 Å². The summed E-state index contributed by atoms with van der Waals surface area (Å²) in [6, 6.07) is 0. The van der Waals surface area contributed by atoms with E-state index in [9.17, 15) is 9.90 Å². The van der Waals surface area contributed by atoms with Crippen LogP contribution < -0.4 is 0 Å². The summed E-state index contributed by atoms with van der Waals surface area (Å²) in [4.78, 5) is 11.2. The van der Waals surface area contributed by atoms with E-state index in [1.807, 2.05) is 0 Å². The van der Waals surface area contributed by atoms with Crippen molar-refractivity contribution in [2.45, 2.75) is 96.5 Å². The zero-order valence-corrected chi connectivity index (χ0v) is 15.5. The van der Waals surface area contributed by atoms with E-state index in [4.69, 9.17) is 9.84 Å². The highest BCUT2D eigenvalue weighted by molar-refractivity contribution is 5.69. The Kier molecular flexibility index (Phi) is 17.8. The number of hydrogen-bond acceptors (Lipinski definition) is 4. The van der Waals surface area contributed by atoms with Crippen molar-refractivity contribution >= 4 is 5.97 Å². The average molecular weight is 343 g/mol. The molecule has 142 valence electrons. The maximum atomic E-state index is 11.2. The van der Waals surface area contributed by atoms with Gasteiger partial charge in [-0.05, 0) is 32.1 Å². The molecule has 24 heavy (non-hydrogen) atoms. The lowest BCUT2D eigenvalue weighted by atomic mass is 10.1. The molecule has 0 saturated heterocycles. The largest absolute Gasteiger partial charge is 0.463 e. The van der Waals surface area contributed by atoms with Crippen LogP contribution in [0.5, 0.6) is 0 Å². The number of esters is 1. The van der Waals surface area contributed by atoms with Crippen molar-refractivity contribution in [3.63, 3.8) is 0 Å².